The molecule has 1 aromatic carbocycles. The quantitative estimate of drug-likeness (QED) is 0.750. The predicted octanol–water partition coefficient (Wildman–Crippen LogP) is 1.67. The van der Waals surface area contributed by atoms with Gasteiger partial charge in [0.05, 0.1) is 11.5 Å². The van der Waals surface area contributed by atoms with E-state index in [1.54, 1.807) is 13.0 Å². The Kier molecular flexibility index (Phi) is 6.28. The number of sulfone groups is 1. The van der Waals surface area contributed by atoms with Crippen LogP contribution in [0.2, 0.25) is 0 Å². The summed E-state index contributed by atoms with van der Waals surface area (Å²) in [7, 11) is -3.13. The summed E-state index contributed by atoms with van der Waals surface area (Å²) >= 11 is 0. The molecule has 1 amide bonds. The molecule has 1 fully saturated rings. The summed E-state index contributed by atoms with van der Waals surface area (Å²) in [5, 5.41) is 9.83. The first-order valence-corrected chi connectivity index (χ1v) is 10.4. The third-order valence-electron chi connectivity index (χ3n) is 4.66. The van der Waals surface area contributed by atoms with Gasteiger partial charge in [-0.3, -0.25) is 4.79 Å². The highest BCUT2D eigenvalue weighted by molar-refractivity contribution is 7.91. The number of phenols is 1. The molecule has 1 N–H and O–H groups in total. The number of hydrogen-bond acceptors (Lipinski definition) is 6. The third kappa shape index (κ3) is 4.75. The van der Waals surface area contributed by atoms with Gasteiger partial charge in [-0.15, -0.1) is 0 Å². The first-order valence-electron chi connectivity index (χ1n) is 8.63. The van der Waals surface area contributed by atoms with Crippen LogP contribution < -0.4 is 0 Å². The van der Waals surface area contributed by atoms with Crippen molar-refractivity contribution >= 4 is 21.7 Å². The molecule has 0 unspecified atom stereocenters. The number of amides is 1. The lowest BCUT2D eigenvalue weighted by atomic mass is 10.1. The van der Waals surface area contributed by atoms with Gasteiger partial charge in [-0.1, -0.05) is 13.0 Å². The van der Waals surface area contributed by atoms with Crippen LogP contribution in [0, 0.1) is 6.92 Å². The Labute approximate surface area is 153 Å². The van der Waals surface area contributed by atoms with E-state index in [4.69, 9.17) is 4.74 Å². The smallest absolute Gasteiger partial charge is 0.342 e. The molecule has 0 bridgehead atoms. The van der Waals surface area contributed by atoms with Crippen LogP contribution in [-0.4, -0.2) is 60.5 Å². The minimum atomic E-state index is -3.13. The second-order valence-electron chi connectivity index (χ2n) is 6.71. The predicted molar refractivity (Wildman–Crippen MR) is 96.8 cm³/mol. The van der Waals surface area contributed by atoms with Crippen molar-refractivity contribution in [1.82, 2.24) is 4.90 Å². The minimum absolute atomic E-state index is 0.0121. The Bertz CT molecular complexity index is 789. The van der Waals surface area contributed by atoms with Crippen LogP contribution in [-0.2, 0) is 19.4 Å². The summed E-state index contributed by atoms with van der Waals surface area (Å²) in [5.74, 6) is -1.42. The highest BCUT2D eigenvalue weighted by Crippen LogP contribution is 2.22. The first-order chi connectivity index (χ1) is 12.1. The molecular weight excluding hydrogens is 358 g/mol. The maximum atomic E-state index is 12.6. The number of aromatic hydroxyl groups is 1. The average molecular weight is 383 g/mol. The Balaban J connectivity index is 2.06. The molecule has 0 radical (unpaired) electrons. The fourth-order valence-corrected chi connectivity index (χ4v) is 4.81. The number of carbonyl (C=O) groups excluding carboxylic acids is 2. The highest BCUT2D eigenvalue weighted by atomic mass is 32.2. The van der Waals surface area contributed by atoms with E-state index in [0.717, 1.165) is 5.56 Å². The van der Waals surface area contributed by atoms with Gasteiger partial charge in [0.15, 0.2) is 16.4 Å². The number of aryl methyl sites for hydroxylation is 1. The maximum absolute atomic E-state index is 12.6. The Hall–Kier alpha value is -2.09. The van der Waals surface area contributed by atoms with Crippen LogP contribution in [0.5, 0.6) is 5.75 Å². The third-order valence-corrected chi connectivity index (χ3v) is 6.41. The van der Waals surface area contributed by atoms with Crippen molar-refractivity contribution in [3.8, 4) is 5.75 Å². The molecular formula is C18H25NO6S. The average Bonchev–Trinajstić information content (AvgIpc) is 2.92. The second kappa shape index (κ2) is 8.07. The number of ether oxygens (including phenoxy) is 1. The molecule has 1 saturated heterocycles. The number of phenolic OH excluding ortho intramolecular Hbond substituents is 1. The number of rotatable bonds is 6. The van der Waals surface area contributed by atoms with Crippen molar-refractivity contribution in [1.29, 1.82) is 0 Å². The molecule has 2 atom stereocenters. The highest BCUT2D eigenvalue weighted by Gasteiger charge is 2.36. The van der Waals surface area contributed by atoms with Crippen molar-refractivity contribution in [3.63, 3.8) is 0 Å². The topological polar surface area (TPSA) is 101 Å². The number of benzene rings is 1. The summed E-state index contributed by atoms with van der Waals surface area (Å²) in [6.45, 7) is 5.03. The van der Waals surface area contributed by atoms with Crippen molar-refractivity contribution in [3.05, 3.63) is 29.3 Å². The zero-order valence-electron chi connectivity index (χ0n) is 15.3. The number of hydrogen-bond donors (Lipinski definition) is 1. The molecule has 7 nitrogen and oxygen atoms in total. The second-order valence-corrected chi connectivity index (χ2v) is 8.94. The standard InChI is InChI=1S/C18H25NO6S/c1-4-13(3)19(14-7-8-26(23,24)11-14)17(21)10-25-18(22)15-6-5-12(2)9-16(15)20/h5-6,9,13-14,20H,4,7-8,10-11H2,1-3H3/t13-,14+/m1/s1. The van der Waals surface area contributed by atoms with E-state index in [2.05, 4.69) is 0 Å². The van der Waals surface area contributed by atoms with Crippen LogP contribution in [0.4, 0.5) is 0 Å². The fraction of sp³-hybridized carbons (Fsp3) is 0.556. The van der Waals surface area contributed by atoms with E-state index < -0.39 is 34.4 Å². The summed E-state index contributed by atoms with van der Waals surface area (Å²) in [6.07, 6.45) is 1.06. The molecule has 2 rings (SSSR count). The molecule has 1 aromatic rings. The minimum Gasteiger partial charge on any atom is -0.507 e. The molecule has 1 heterocycles. The molecule has 1 aliphatic rings. The summed E-state index contributed by atoms with van der Waals surface area (Å²) < 4.78 is 28.5. The van der Waals surface area contributed by atoms with Gasteiger partial charge in [-0.2, -0.15) is 0 Å². The van der Waals surface area contributed by atoms with Gasteiger partial charge >= 0.3 is 5.97 Å². The summed E-state index contributed by atoms with van der Waals surface area (Å²) in [6, 6.07) is 3.98. The monoisotopic (exact) mass is 383 g/mol. The molecule has 1 aliphatic heterocycles. The van der Waals surface area contributed by atoms with Crippen LogP contribution in [0.3, 0.4) is 0 Å². The number of nitrogens with zero attached hydrogens (tertiary/aromatic N) is 1. The Morgan fingerprint density at radius 1 is 1.38 bits per heavy atom. The maximum Gasteiger partial charge on any atom is 0.342 e. The molecule has 8 heteroatoms. The van der Waals surface area contributed by atoms with Gasteiger partial charge in [-0.05, 0) is 44.4 Å². The van der Waals surface area contributed by atoms with E-state index in [1.807, 2.05) is 13.8 Å². The van der Waals surface area contributed by atoms with Gasteiger partial charge in [0.1, 0.15) is 11.3 Å². The number of esters is 1. The van der Waals surface area contributed by atoms with E-state index >= 15 is 0 Å². The van der Waals surface area contributed by atoms with Gasteiger partial charge in [-0.25, -0.2) is 13.2 Å². The summed E-state index contributed by atoms with van der Waals surface area (Å²) in [5.41, 5.74) is 0.780. The van der Waals surface area contributed by atoms with Crippen LogP contribution in [0.1, 0.15) is 42.6 Å². The van der Waals surface area contributed by atoms with Gasteiger partial charge in [0, 0.05) is 12.1 Å². The molecule has 0 saturated carbocycles. The zero-order valence-corrected chi connectivity index (χ0v) is 16.1. The molecule has 0 aliphatic carbocycles. The van der Waals surface area contributed by atoms with E-state index in [1.165, 1.54) is 17.0 Å². The lowest BCUT2D eigenvalue weighted by Crippen LogP contribution is -2.48. The van der Waals surface area contributed by atoms with E-state index in [-0.39, 0.29) is 28.9 Å². The zero-order chi connectivity index (χ0) is 19.5. The lowest BCUT2D eigenvalue weighted by Gasteiger charge is -2.33. The largest absolute Gasteiger partial charge is 0.507 e. The van der Waals surface area contributed by atoms with Crippen molar-refractivity contribution in [2.45, 2.75) is 45.7 Å². The van der Waals surface area contributed by atoms with Crippen LogP contribution >= 0.6 is 0 Å². The van der Waals surface area contributed by atoms with Crippen molar-refractivity contribution in [2.24, 2.45) is 0 Å². The fourth-order valence-electron chi connectivity index (χ4n) is 3.09. The summed E-state index contributed by atoms with van der Waals surface area (Å²) in [4.78, 5) is 26.2. The normalized spacial score (nSPS) is 19.7. The lowest BCUT2D eigenvalue weighted by molar-refractivity contribution is -0.138. The van der Waals surface area contributed by atoms with Crippen LogP contribution in [0.25, 0.3) is 0 Å². The molecule has 0 spiro atoms. The van der Waals surface area contributed by atoms with Gasteiger partial charge < -0.3 is 14.7 Å². The van der Waals surface area contributed by atoms with Gasteiger partial charge in [0.2, 0.25) is 0 Å². The van der Waals surface area contributed by atoms with Crippen molar-refractivity contribution in [2.75, 3.05) is 18.1 Å². The van der Waals surface area contributed by atoms with Crippen molar-refractivity contribution < 1.29 is 27.9 Å². The molecule has 0 aromatic heterocycles. The van der Waals surface area contributed by atoms with E-state index in [9.17, 15) is 23.1 Å². The Morgan fingerprint density at radius 2 is 2.08 bits per heavy atom. The van der Waals surface area contributed by atoms with E-state index in [0.29, 0.717) is 12.8 Å². The number of carbonyl (C=O) groups is 2. The molecule has 26 heavy (non-hydrogen) atoms. The molecule has 144 valence electrons. The SMILES string of the molecule is CC[C@@H](C)N(C(=O)COC(=O)c1ccc(C)cc1O)[C@H]1CCS(=O)(=O)C1. The van der Waals surface area contributed by atoms with Gasteiger partial charge in [0.25, 0.3) is 5.91 Å². The Morgan fingerprint density at radius 3 is 2.62 bits per heavy atom. The van der Waals surface area contributed by atoms with Crippen LogP contribution in [0.15, 0.2) is 18.2 Å². The first kappa shape index (κ1) is 20.2.